The Balaban J connectivity index is 1.92. The molecule has 1 N–H and O–H groups in total. The van der Waals surface area contributed by atoms with Crippen LogP contribution < -0.4 is 5.32 Å². The highest BCUT2D eigenvalue weighted by molar-refractivity contribution is 7.09. The number of thiazole rings is 1. The molecule has 1 saturated heterocycles. The molecule has 2 rings (SSSR count). The Morgan fingerprint density at radius 2 is 2.25 bits per heavy atom. The summed E-state index contributed by atoms with van der Waals surface area (Å²) in [6.45, 7) is 3.70. The van der Waals surface area contributed by atoms with E-state index in [-0.39, 0.29) is 6.03 Å². The van der Waals surface area contributed by atoms with Crippen LogP contribution in [0.25, 0.3) is 0 Å². The Hall–Kier alpha value is -1.10. The summed E-state index contributed by atoms with van der Waals surface area (Å²) < 4.78 is 0. The van der Waals surface area contributed by atoms with Crippen LogP contribution in [-0.4, -0.2) is 36.1 Å². The van der Waals surface area contributed by atoms with Crippen LogP contribution in [-0.2, 0) is 0 Å². The van der Waals surface area contributed by atoms with Crippen molar-refractivity contribution in [2.75, 3.05) is 20.1 Å². The number of amides is 2. The molecule has 0 unspecified atom stereocenters. The van der Waals surface area contributed by atoms with Crippen molar-refractivity contribution in [2.45, 2.75) is 25.7 Å². The second kappa shape index (κ2) is 4.82. The van der Waals surface area contributed by atoms with E-state index < -0.39 is 0 Å². The normalized spacial score (nSPS) is 17.5. The van der Waals surface area contributed by atoms with Crippen molar-refractivity contribution in [1.82, 2.24) is 15.2 Å². The van der Waals surface area contributed by atoms with Crippen molar-refractivity contribution in [2.24, 2.45) is 0 Å². The van der Waals surface area contributed by atoms with Crippen molar-refractivity contribution in [3.05, 3.63) is 16.1 Å². The first-order chi connectivity index (χ1) is 7.70. The predicted octanol–water partition coefficient (Wildman–Crippen LogP) is 1.97. The van der Waals surface area contributed by atoms with Gasteiger partial charge in [0.15, 0.2) is 0 Å². The summed E-state index contributed by atoms with van der Waals surface area (Å²) in [5.74, 6) is 0.541. The van der Waals surface area contributed by atoms with Gasteiger partial charge in [0, 0.05) is 37.1 Å². The maximum atomic E-state index is 11.4. The summed E-state index contributed by atoms with van der Waals surface area (Å²) >= 11 is 1.74. The van der Waals surface area contributed by atoms with E-state index in [4.69, 9.17) is 0 Å². The second-order valence-corrected chi connectivity index (χ2v) is 5.03. The van der Waals surface area contributed by atoms with E-state index in [1.807, 2.05) is 11.8 Å². The Bertz CT molecular complexity index is 369. The molecule has 1 fully saturated rings. The number of aryl methyl sites for hydroxylation is 1. The lowest BCUT2D eigenvalue weighted by atomic mass is 9.98. The van der Waals surface area contributed by atoms with Crippen LogP contribution >= 0.6 is 11.3 Å². The average Bonchev–Trinajstić information content (AvgIpc) is 2.75. The average molecular weight is 239 g/mol. The number of hydrogen-bond acceptors (Lipinski definition) is 3. The zero-order valence-corrected chi connectivity index (χ0v) is 10.5. The van der Waals surface area contributed by atoms with Crippen molar-refractivity contribution in [3.8, 4) is 0 Å². The monoisotopic (exact) mass is 239 g/mol. The molecule has 1 aromatic heterocycles. The maximum Gasteiger partial charge on any atom is 0.317 e. The molecular weight excluding hydrogens is 222 g/mol. The molecule has 2 heterocycles. The van der Waals surface area contributed by atoms with Gasteiger partial charge in [0.2, 0.25) is 0 Å². The number of urea groups is 1. The summed E-state index contributed by atoms with van der Waals surface area (Å²) in [6.07, 6.45) is 2.06. The number of nitrogens with one attached hydrogen (secondary N) is 1. The number of likely N-dealkylation sites (tertiary alicyclic amines) is 1. The van der Waals surface area contributed by atoms with E-state index in [9.17, 15) is 4.79 Å². The summed E-state index contributed by atoms with van der Waals surface area (Å²) in [5, 5.41) is 6.00. The van der Waals surface area contributed by atoms with Crippen LogP contribution in [0.5, 0.6) is 0 Å². The zero-order valence-electron chi connectivity index (χ0n) is 9.69. The lowest BCUT2D eigenvalue weighted by Gasteiger charge is -2.30. The lowest BCUT2D eigenvalue weighted by molar-refractivity contribution is 0.183. The minimum absolute atomic E-state index is 0.0359. The van der Waals surface area contributed by atoms with Gasteiger partial charge >= 0.3 is 6.03 Å². The SMILES string of the molecule is CNC(=O)N1CCC(c2nc(C)cs2)CC1. The van der Waals surface area contributed by atoms with Crippen LogP contribution in [0.15, 0.2) is 5.38 Å². The number of rotatable bonds is 1. The third-order valence-electron chi connectivity index (χ3n) is 2.98. The number of carbonyl (C=O) groups excluding carboxylic acids is 1. The number of piperidine rings is 1. The van der Waals surface area contributed by atoms with Gasteiger partial charge in [-0.15, -0.1) is 11.3 Å². The second-order valence-electron chi connectivity index (χ2n) is 4.14. The maximum absolute atomic E-state index is 11.4. The first-order valence-corrected chi connectivity index (χ1v) is 6.47. The first-order valence-electron chi connectivity index (χ1n) is 5.59. The number of aromatic nitrogens is 1. The first kappa shape index (κ1) is 11.4. The van der Waals surface area contributed by atoms with Gasteiger partial charge in [-0.05, 0) is 19.8 Å². The van der Waals surface area contributed by atoms with Crippen molar-refractivity contribution < 1.29 is 4.79 Å². The van der Waals surface area contributed by atoms with Gasteiger partial charge in [-0.25, -0.2) is 9.78 Å². The largest absolute Gasteiger partial charge is 0.341 e. The fourth-order valence-electron chi connectivity index (χ4n) is 2.05. The Kier molecular flexibility index (Phi) is 3.43. The third-order valence-corrected chi connectivity index (χ3v) is 4.11. The highest BCUT2D eigenvalue weighted by Gasteiger charge is 2.24. The highest BCUT2D eigenvalue weighted by atomic mass is 32.1. The van der Waals surface area contributed by atoms with Gasteiger partial charge in [0.1, 0.15) is 0 Å². The molecule has 0 radical (unpaired) electrons. The Morgan fingerprint density at radius 1 is 1.56 bits per heavy atom. The molecule has 0 aliphatic carbocycles. The minimum Gasteiger partial charge on any atom is -0.341 e. The summed E-state index contributed by atoms with van der Waals surface area (Å²) in [5.41, 5.74) is 1.11. The van der Waals surface area contributed by atoms with Gasteiger partial charge in [-0.1, -0.05) is 0 Å². The van der Waals surface area contributed by atoms with Gasteiger partial charge in [-0.3, -0.25) is 0 Å². The van der Waals surface area contributed by atoms with E-state index in [2.05, 4.69) is 15.7 Å². The molecule has 16 heavy (non-hydrogen) atoms. The third kappa shape index (κ3) is 2.35. The molecule has 88 valence electrons. The standard InChI is InChI=1S/C11H17N3OS/c1-8-7-16-10(13-8)9-3-5-14(6-4-9)11(15)12-2/h7,9H,3-6H2,1-2H3,(H,12,15). The number of hydrogen-bond donors (Lipinski definition) is 1. The fourth-order valence-corrected chi connectivity index (χ4v) is 3.02. The Morgan fingerprint density at radius 3 is 2.75 bits per heavy atom. The van der Waals surface area contributed by atoms with Gasteiger partial charge in [-0.2, -0.15) is 0 Å². The number of carbonyl (C=O) groups is 1. The molecule has 0 spiro atoms. The van der Waals surface area contributed by atoms with E-state index in [0.717, 1.165) is 31.6 Å². The molecule has 5 heteroatoms. The molecule has 0 aromatic carbocycles. The quantitative estimate of drug-likeness (QED) is 0.814. The summed E-state index contributed by atoms with van der Waals surface area (Å²) in [7, 11) is 1.68. The van der Waals surface area contributed by atoms with Crippen LogP contribution in [0.3, 0.4) is 0 Å². The molecule has 0 saturated carbocycles. The zero-order chi connectivity index (χ0) is 11.5. The lowest BCUT2D eigenvalue weighted by Crippen LogP contribution is -2.42. The van der Waals surface area contributed by atoms with E-state index in [0.29, 0.717) is 5.92 Å². The van der Waals surface area contributed by atoms with Crippen molar-refractivity contribution in [1.29, 1.82) is 0 Å². The van der Waals surface area contributed by atoms with Gasteiger partial charge in [0.05, 0.1) is 5.01 Å². The van der Waals surface area contributed by atoms with Crippen LogP contribution in [0, 0.1) is 6.92 Å². The number of nitrogens with zero attached hydrogens (tertiary/aromatic N) is 2. The van der Waals surface area contributed by atoms with Crippen molar-refractivity contribution >= 4 is 17.4 Å². The molecule has 2 amide bonds. The molecule has 0 atom stereocenters. The highest BCUT2D eigenvalue weighted by Crippen LogP contribution is 2.29. The van der Waals surface area contributed by atoms with E-state index >= 15 is 0 Å². The fraction of sp³-hybridized carbons (Fsp3) is 0.636. The van der Waals surface area contributed by atoms with Gasteiger partial charge < -0.3 is 10.2 Å². The molecule has 1 aromatic rings. The Labute approximate surface area is 99.7 Å². The van der Waals surface area contributed by atoms with Crippen LogP contribution in [0.4, 0.5) is 4.79 Å². The molecule has 4 nitrogen and oxygen atoms in total. The van der Waals surface area contributed by atoms with Crippen LogP contribution in [0.1, 0.15) is 29.5 Å². The molecule has 0 bridgehead atoms. The predicted molar refractivity (Wildman–Crippen MR) is 64.9 cm³/mol. The molecular formula is C11H17N3OS. The summed E-state index contributed by atoms with van der Waals surface area (Å²) in [4.78, 5) is 17.8. The van der Waals surface area contributed by atoms with Crippen molar-refractivity contribution in [3.63, 3.8) is 0 Å². The van der Waals surface area contributed by atoms with E-state index in [1.165, 1.54) is 5.01 Å². The van der Waals surface area contributed by atoms with E-state index in [1.54, 1.807) is 18.4 Å². The summed E-state index contributed by atoms with van der Waals surface area (Å²) in [6, 6.07) is 0.0359. The minimum atomic E-state index is 0.0359. The topological polar surface area (TPSA) is 45.2 Å². The smallest absolute Gasteiger partial charge is 0.317 e. The molecule has 1 aliphatic rings. The van der Waals surface area contributed by atoms with Crippen LogP contribution in [0.2, 0.25) is 0 Å². The molecule has 1 aliphatic heterocycles. The van der Waals surface area contributed by atoms with Gasteiger partial charge in [0.25, 0.3) is 0 Å².